The smallest absolute Gasteiger partial charge is 0.307 e. The fourth-order valence-corrected chi connectivity index (χ4v) is 9.78. The van der Waals surface area contributed by atoms with Crippen molar-refractivity contribution in [3.8, 4) is 11.1 Å². The van der Waals surface area contributed by atoms with Crippen LogP contribution in [0.4, 0.5) is 8.78 Å². The fourth-order valence-electron chi connectivity index (χ4n) is 8.07. The van der Waals surface area contributed by atoms with E-state index in [9.17, 15) is 43.1 Å². The van der Waals surface area contributed by atoms with Gasteiger partial charge in [-0.15, -0.1) is 0 Å². The van der Waals surface area contributed by atoms with Crippen LogP contribution in [0, 0.1) is 23.0 Å². The molecule has 1 aliphatic heterocycles. The Balaban J connectivity index is 1.27. The first-order valence-electron chi connectivity index (χ1n) is 25.7. The van der Waals surface area contributed by atoms with E-state index in [1.54, 1.807) is 17.2 Å². The molecule has 76 heavy (non-hydrogen) atoms. The van der Waals surface area contributed by atoms with Crippen LogP contribution in [0.25, 0.3) is 11.1 Å². The number of Topliss-reactive ketones (excluding diaryl/α,β-unsaturated/α-hetero) is 1. The van der Waals surface area contributed by atoms with Crippen LogP contribution < -0.4 is 5.32 Å². The number of nitrogens with one attached hydrogen (secondary N) is 1. The number of thioether (sulfide) groups is 1. The molecule has 17 nitrogen and oxygen atoms in total. The normalized spacial score (nSPS) is 13.5. The van der Waals surface area contributed by atoms with Gasteiger partial charge >= 0.3 is 11.9 Å². The zero-order chi connectivity index (χ0) is 55.7. The highest BCUT2D eigenvalue weighted by Gasteiger charge is 2.37. The summed E-state index contributed by atoms with van der Waals surface area (Å²) in [6.45, 7) is 15.3. The monoisotopic (exact) mass is 1100 g/mol. The molecular formula is C55H76F2N4O13SSi. The van der Waals surface area contributed by atoms with Crippen LogP contribution in [-0.4, -0.2) is 159 Å². The van der Waals surface area contributed by atoms with Crippen molar-refractivity contribution in [3.63, 3.8) is 0 Å². The Bertz CT molecular complexity index is 2390. The number of hydrogen-bond donors (Lipinski definition) is 2. The molecule has 2 heterocycles. The number of nitrogens with zero attached hydrogens (tertiary/aromatic N) is 3. The minimum atomic E-state index is -1.41. The third kappa shape index (κ3) is 22.9. The maximum Gasteiger partial charge on any atom is 0.307 e. The summed E-state index contributed by atoms with van der Waals surface area (Å²) in [4.78, 5) is 90.3. The molecule has 1 aromatic heterocycles. The van der Waals surface area contributed by atoms with Crippen LogP contribution in [0.2, 0.25) is 25.7 Å². The molecular weight excluding hydrogens is 1020 g/mol. The summed E-state index contributed by atoms with van der Waals surface area (Å²) in [5, 5.41) is 12.7. The zero-order valence-electron chi connectivity index (χ0n) is 44.8. The molecule has 0 radical (unpaired) electrons. The Morgan fingerprint density at radius 1 is 0.803 bits per heavy atom. The number of imide groups is 1. The van der Waals surface area contributed by atoms with Gasteiger partial charge in [-0.3, -0.25) is 38.5 Å². The van der Waals surface area contributed by atoms with E-state index in [2.05, 4.69) is 25.0 Å². The minimum Gasteiger partial charge on any atom is -0.481 e. The number of unbranched alkanes of at least 4 members (excludes halogenated alkanes) is 1. The largest absolute Gasteiger partial charge is 0.481 e. The Morgan fingerprint density at radius 3 is 2.05 bits per heavy atom. The molecule has 21 heteroatoms. The molecule has 0 saturated heterocycles. The van der Waals surface area contributed by atoms with E-state index >= 15 is 4.39 Å². The summed E-state index contributed by atoms with van der Waals surface area (Å²) < 4.78 is 59.3. The van der Waals surface area contributed by atoms with Gasteiger partial charge in [-0.25, -0.2) is 8.78 Å². The first kappa shape index (κ1) is 63.0. The van der Waals surface area contributed by atoms with Crippen LogP contribution in [0.1, 0.15) is 70.2 Å². The lowest BCUT2D eigenvalue weighted by molar-refractivity contribution is -0.143. The average Bonchev–Trinajstić information content (AvgIpc) is 3.90. The van der Waals surface area contributed by atoms with E-state index in [1.807, 2.05) is 55.7 Å². The second-order valence-electron chi connectivity index (χ2n) is 20.7. The van der Waals surface area contributed by atoms with Gasteiger partial charge in [-0.2, -0.15) is 11.8 Å². The van der Waals surface area contributed by atoms with E-state index in [0.717, 1.165) is 58.6 Å². The Kier molecular flexibility index (Phi) is 26.7. The first-order valence-corrected chi connectivity index (χ1v) is 30.6. The van der Waals surface area contributed by atoms with Crippen LogP contribution in [0.5, 0.6) is 0 Å². The van der Waals surface area contributed by atoms with Crippen molar-refractivity contribution in [3.05, 3.63) is 95.8 Å². The second kappa shape index (κ2) is 32.2. The topological polar surface area (TPSA) is 209 Å². The fraction of sp³-hybridized carbons (Fsp3) is 0.545. The SMILES string of the molecule is CC(C)(C)[C@H](c1cc(-c2cc(F)ccc2F)cn1Cc1ccccc1)N(CCCCC(=O)OCC[Si](C)(C)C)C(=O)CSC[C@H](CC(=O)CCOCCOCCOCCOCCNC(=O)CN1C(=O)C=CC1=O)C(=O)O. The van der Waals surface area contributed by atoms with Crippen molar-refractivity contribution in [2.45, 2.75) is 91.1 Å². The van der Waals surface area contributed by atoms with Gasteiger partial charge in [0.05, 0.1) is 77.2 Å². The van der Waals surface area contributed by atoms with Gasteiger partial charge in [0.15, 0.2) is 0 Å². The highest BCUT2D eigenvalue weighted by molar-refractivity contribution is 7.99. The number of benzene rings is 2. The number of amides is 4. The molecule has 4 rings (SSSR count). The van der Waals surface area contributed by atoms with E-state index in [4.69, 9.17) is 23.7 Å². The van der Waals surface area contributed by atoms with Crippen molar-refractivity contribution in [2.24, 2.45) is 11.3 Å². The Labute approximate surface area is 450 Å². The molecule has 0 spiro atoms. The molecule has 0 bridgehead atoms. The third-order valence-electron chi connectivity index (χ3n) is 12.0. The highest BCUT2D eigenvalue weighted by atomic mass is 32.2. The molecule has 2 aromatic carbocycles. The summed E-state index contributed by atoms with van der Waals surface area (Å²) in [5.41, 5.74) is 1.51. The van der Waals surface area contributed by atoms with Crippen molar-refractivity contribution in [1.29, 1.82) is 0 Å². The van der Waals surface area contributed by atoms with Gasteiger partial charge in [-0.1, -0.05) is 70.7 Å². The minimum absolute atomic E-state index is 0.00746. The molecule has 0 saturated carbocycles. The van der Waals surface area contributed by atoms with E-state index in [-0.39, 0.29) is 120 Å². The summed E-state index contributed by atoms with van der Waals surface area (Å²) in [5.74, 6) is -5.97. The number of carbonyl (C=O) groups excluding carboxylic acids is 6. The predicted molar refractivity (Wildman–Crippen MR) is 287 cm³/mol. The molecule has 418 valence electrons. The van der Waals surface area contributed by atoms with Crippen molar-refractivity contribution < 1.29 is 71.1 Å². The summed E-state index contributed by atoms with van der Waals surface area (Å²) in [7, 11) is -1.41. The number of carboxylic acids is 1. The molecule has 4 amide bonds. The van der Waals surface area contributed by atoms with Crippen LogP contribution in [-0.2, 0) is 63.8 Å². The number of ether oxygens (including phenoxy) is 5. The van der Waals surface area contributed by atoms with Gasteiger partial charge in [0.2, 0.25) is 11.8 Å². The molecule has 0 fully saturated rings. The number of aliphatic carboxylic acids is 1. The first-order chi connectivity index (χ1) is 36.1. The number of ketones is 1. The van der Waals surface area contributed by atoms with Crippen LogP contribution in [0.15, 0.2) is 72.9 Å². The molecule has 2 atom stereocenters. The zero-order valence-corrected chi connectivity index (χ0v) is 46.6. The number of halogens is 2. The number of aromatic nitrogens is 1. The van der Waals surface area contributed by atoms with Gasteiger partial charge in [0.1, 0.15) is 24.0 Å². The summed E-state index contributed by atoms with van der Waals surface area (Å²) in [6, 6.07) is 15.0. The Hall–Kier alpha value is -5.58. The standard InChI is InChI=1S/C55H76F2N4O13SSi/c1-55(2,3)53(47-33-41(45-34-43(56)15-16-46(45)57)36-59(47)35-40-12-8-7-9-13-40)60(21-11-10-14-52(67)74-30-31-76(4,5)6)51(66)39-75-38-42(54(68)69)32-44(62)19-22-70-24-26-72-28-29-73-27-25-71-23-20-58-48(63)37-61-49(64)17-18-50(61)65/h7-9,12-13,15-18,33-34,36,42,53H,10-11,14,19-32,35,37-39H2,1-6H3,(H,58,63)(H,68,69)/t42-,53-/m0/s1. The van der Waals surface area contributed by atoms with Gasteiger partial charge in [0, 0.05) is 87.9 Å². The average molecular weight is 1100 g/mol. The van der Waals surface area contributed by atoms with E-state index < -0.39 is 60.8 Å². The number of hydrogen-bond acceptors (Lipinski definition) is 13. The maximum atomic E-state index is 15.4. The lowest BCUT2D eigenvalue weighted by Crippen LogP contribution is -2.43. The molecule has 1 aliphatic rings. The highest BCUT2D eigenvalue weighted by Crippen LogP contribution is 2.41. The molecule has 0 aliphatic carbocycles. The number of esters is 1. The summed E-state index contributed by atoms with van der Waals surface area (Å²) in [6.07, 6.45) is 4.80. The van der Waals surface area contributed by atoms with Crippen LogP contribution >= 0.6 is 11.8 Å². The van der Waals surface area contributed by atoms with Crippen molar-refractivity contribution in [1.82, 2.24) is 19.7 Å². The number of carboxylic acid groups (broad SMARTS) is 1. The van der Waals surface area contributed by atoms with Crippen molar-refractivity contribution >= 4 is 61.2 Å². The molecule has 3 aromatic rings. The number of rotatable bonds is 37. The van der Waals surface area contributed by atoms with Gasteiger partial charge < -0.3 is 43.6 Å². The number of carbonyl (C=O) groups is 7. The second-order valence-corrected chi connectivity index (χ2v) is 27.3. The molecule has 0 unspecified atom stereocenters. The maximum absolute atomic E-state index is 15.4. The Morgan fingerprint density at radius 2 is 1.43 bits per heavy atom. The van der Waals surface area contributed by atoms with Crippen LogP contribution in [0.3, 0.4) is 0 Å². The van der Waals surface area contributed by atoms with E-state index in [1.165, 1.54) is 0 Å². The van der Waals surface area contributed by atoms with Crippen molar-refractivity contribution in [2.75, 3.05) is 90.6 Å². The lowest BCUT2D eigenvalue weighted by Gasteiger charge is -2.41. The molecule has 2 N–H and O–H groups in total. The quantitative estimate of drug-likeness (QED) is 0.0251. The summed E-state index contributed by atoms with van der Waals surface area (Å²) >= 11 is 1.12. The lowest BCUT2D eigenvalue weighted by atomic mass is 9.83. The third-order valence-corrected chi connectivity index (χ3v) is 14.8. The van der Waals surface area contributed by atoms with Gasteiger partial charge in [-0.05, 0) is 54.1 Å². The van der Waals surface area contributed by atoms with Gasteiger partial charge in [0.25, 0.3) is 11.8 Å². The van der Waals surface area contributed by atoms with E-state index in [0.29, 0.717) is 43.9 Å². The predicted octanol–water partition coefficient (Wildman–Crippen LogP) is 7.34.